The highest BCUT2D eigenvalue weighted by Gasteiger charge is 2.24. The van der Waals surface area contributed by atoms with Crippen LogP contribution in [0.4, 0.5) is 16.3 Å². The summed E-state index contributed by atoms with van der Waals surface area (Å²) >= 11 is 0. The van der Waals surface area contributed by atoms with E-state index in [0.717, 1.165) is 5.82 Å². The molecular formula is C23H31N5O4. The fourth-order valence-electron chi connectivity index (χ4n) is 3.44. The number of ether oxygens (including phenoxy) is 2. The average Bonchev–Trinajstić information content (AvgIpc) is 2.77. The number of aromatic nitrogens is 1. The van der Waals surface area contributed by atoms with Gasteiger partial charge in [-0.05, 0) is 51.1 Å². The molecule has 0 spiro atoms. The number of nitrogens with one attached hydrogen (secondary N) is 2. The van der Waals surface area contributed by atoms with Crippen LogP contribution in [0.3, 0.4) is 0 Å². The van der Waals surface area contributed by atoms with Crippen molar-refractivity contribution in [1.82, 2.24) is 15.2 Å². The lowest BCUT2D eigenvalue weighted by Crippen LogP contribution is -2.49. The van der Waals surface area contributed by atoms with Gasteiger partial charge < -0.3 is 29.9 Å². The van der Waals surface area contributed by atoms with Gasteiger partial charge in [0.1, 0.15) is 5.82 Å². The molecule has 0 saturated carbocycles. The largest absolute Gasteiger partial charge is 0.493 e. The third-order valence-electron chi connectivity index (χ3n) is 5.02. The van der Waals surface area contributed by atoms with Crippen molar-refractivity contribution in [2.24, 2.45) is 0 Å². The van der Waals surface area contributed by atoms with Crippen LogP contribution in [-0.2, 0) is 0 Å². The Kier molecular flexibility index (Phi) is 7.07. The van der Waals surface area contributed by atoms with Crippen molar-refractivity contribution in [1.29, 1.82) is 0 Å². The predicted octanol–water partition coefficient (Wildman–Crippen LogP) is 2.98. The number of hydrogen-bond donors (Lipinski definition) is 2. The molecule has 2 heterocycles. The van der Waals surface area contributed by atoms with E-state index in [4.69, 9.17) is 9.47 Å². The maximum Gasteiger partial charge on any atom is 0.319 e. The van der Waals surface area contributed by atoms with Crippen molar-refractivity contribution in [3.05, 3.63) is 42.1 Å². The molecule has 172 valence electrons. The Hall–Kier alpha value is -3.49. The van der Waals surface area contributed by atoms with E-state index in [9.17, 15) is 9.59 Å². The normalized spacial score (nSPS) is 14.0. The van der Waals surface area contributed by atoms with E-state index in [1.54, 1.807) is 38.6 Å². The number of rotatable bonds is 5. The quantitative estimate of drug-likeness (QED) is 0.741. The molecule has 1 aromatic heterocycles. The van der Waals surface area contributed by atoms with Gasteiger partial charge in [-0.2, -0.15) is 0 Å². The van der Waals surface area contributed by atoms with Gasteiger partial charge in [0.2, 0.25) is 0 Å². The Balaban J connectivity index is 1.56. The molecule has 1 fully saturated rings. The number of piperazine rings is 1. The number of urea groups is 1. The van der Waals surface area contributed by atoms with Crippen molar-refractivity contribution in [2.45, 2.75) is 26.3 Å². The third-order valence-corrected chi connectivity index (χ3v) is 5.02. The average molecular weight is 442 g/mol. The summed E-state index contributed by atoms with van der Waals surface area (Å²) in [5.74, 6) is 1.90. The molecule has 1 aliphatic heterocycles. The summed E-state index contributed by atoms with van der Waals surface area (Å²) in [6, 6.07) is 8.62. The molecule has 0 atom stereocenters. The minimum Gasteiger partial charge on any atom is -0.493 e. The summed E-state index contributed by atoms with van der Waals surface area (Å²) in [6.45, 7) is 8.27. The molecule has 1 saturated heterocycles. The molecule has 1 aliphatic rings. The molecule has 0 radical (unpaired) electrons. The number of amides is 3. The van der Waals surface area contributed by atoms with Crippen LogP contribution in [-0.4, -0.2) is 67.8 Å². The zero-order valence-electron chi connectivity index (χ0n) is 19.3. The fraction of sp³-hybridized carbons (Fsp3) is 0.435. The highest BCUT2D eigenvalue weighted by molar-refractivity contribution is 5.95. The van der Waals surface area contributed by atoms with E-state index in [0.29, 0.717) is 48.9 Å². The maximum atomic E-state index is 12.9. The lowest BCUT2D eigenvalue weighted by molar-refractivity contribution is 0.0746. The summed E-state index contributed by atoms with van der Waals surface area (Å²) < 4.78 is 10.5. The van der Waals surface area contributed by atoms with Gasteiger partial charge in [0.15, 0.2) is 11.5 Å². The second-order valence-corrected chi connectivity index (χ2v) is 8.58. The summed E-state index contributed by atoms with van der Waals surface area (Å²) in [5, 5.41) is 5.63. The molecule has 2 N–H and O–H groups in total. The van der Waals surface area contributed by atoms with Crippen molar-refractivity contribution < 1.29 is 19.1 Å². The maximum absolute atomic E-state index is 12.9. The highest BCUT2D eigenvalue weighted by atomic mass is 16.5. The first-order chi connectivity index (χ1) is 15.2. The first-order valence-corrected chi connectivity index (χ1v) is 10.5. The smallest absolute Gasteiger partial charge is 0.319 e. The zero-order valence-corrected chi connectivity index (χ0v) is 19.3. The number of methoxy groups -OCH3 is 2. The second kappa shape index (κ2) is 9.76. The Morgan fingerprint density at radius 2 is 1.66 bits per heavy atom. The number of hydrogen-bond acceptors (Lipinski definition) is 6. The zero-order chi connectivity index (χ0) is 23.3. The molecular weight excluding hydrogens is 410 g/mol. The lowest BCUT2D eigenvalue weighted by Gasteiger charge is -2.35. The van der Waals surface area contributed by atoms with E-state index < -0.39 is 0 Å². The summed E-state index contributed by atoms with van der Waals surface area (Å²) in [7, 11) is 3.12. The highest BCUT2D eigenvalue weighted by Crippen LogP contribution is 2.28. The van der Waals surface area contributed by atoms with Crippen LogP contribution in [0.1, 0.15) is 31.1 Å². The summed E-state index contributed by atoms with van der Waals surface area (Å²) in [4.78, 5) is 33.3. The van der Waals surface area contributed by atoms with Gasteiger partial charge >= 0.3 is 6.03 Å². The van der Waals surface area contributed by atoms with Crippen LogP contribution in [0, 0.1) is 0 Å². The van der Waals surface area contributed by atoms with Crippen molar-refractivity contribution in [3.63, 3.8) is 0 Å². The monoisotopic (exact) mass is 441 g/mol. The van der Waals surface area contributed by atoms with E-state index >= 15 is 0 Å². The molecule has 32 heavy (non-hydrogen) atoms. The fourth-order valence-corrected chi connectivity index (χ4v) is 3.44. The Morgan fingerprint density at radius 3 is 2.22 bits per heavy atom. The molecule has 2 aromatic rings. The number of carbonyl (C=O) groups excluding carboxylic acids is 2. The Bertz CT molecular complexity index is 948. The van der Waals surface area contributed by atoms with Gasteiger partial charge in [-0.1, -0.05) is 0 Å². The van der Waals surface area contributed by atoms with Crippen LogP contribution in [0.2, 0.25) is 0 Å². The van der Waals surface area contributed by atoms with Crippen LogP contribution in [0.25, 0.3) is 0 Å². The number of anilines is 2. The topological polar surface area (TPSA) is 96.0 Å². The van der Waals surface area contributed by atoms with E-state index in [-0.39, 0.29) is 17.5 Å². The number of nitrogens with zero attached hydrogens (tertiary/aromatic N) is 3. The van der Waals surface area contributed by atoms with Crippen LogP contribution >= 0.6 is 0 Å². The molecule has 3 rings (SSSR count). The SMILES string of the molecule is COc1ccc(C(=O)N2CCN(c3ccc(NC(=O)NC(C)(C)C)cn3)CC2)cc1OC. The standard InChI is InChI=1S/C23H31N5O4/c1-23(2,3)26-22(30)25-17-7-9-20(24-15-17)27-10-12-28(13-11-27)21(29)16-6-8-18(31-4)19(14-16)32-5/h6-9,14-15H,10-13H2,1-5H3,(H2,25,26,30). The van der Waals surface area contributed by atoms with Gasteiger partial charge in [-0.15, -0.1) is 0 Å². The van der Waals surface area contributed by atoms with Crippen LogP contribution < -0.4 is 25.0 Å². The van der Waals surface area contributed by atoms with Gasteiger partial charge in [0.25, 0.3) is 5.91 Å². The molecule has 9 heteroatoms. The lowest BCUT2D eigenvalue weighted by atomic mass is 10.1. The van der Waals surface area contributed by atoms with Crippen molar-refractivity contribution in [2.75, 3.05) is 50.6 Å². The van der Waals surface area contributed by atoms with E-state index in [1.165, 1.54) is 0 Å². The molecule has 1 aromatic carbocycles. The Morgan fingerprint density at radius 1 is 0.969 bits per heavy atom. The van der Waals surface area contributed by atoms with E-state index in [2.05, 4.69) is 20.5 Å². The first-order valence-electron chi connectivity index (χ1n) is 10.5. The minimum atomic E-state index is -0.314. The number of carbonyl (C=O) groups is 2. The van der Waals surface area contributed by atoms with Gasteiger partial charge in [-0.25, -0.2) is 9.78 Å². The molecule has 0 unspecified atom stereocenters. The third kappa shape index (κ3) is 5.81. The summed E-state index contributed by atoms with van der Waals surface area (Å²) in [5.41, 5.74) is 0.877. The van der Waals surface area contributed by atoms with Crippen molar-refractivity contribution >= 4 is 23.4 Å². The van der Waals surface area contributed by atoms with Gasteiger partial charge in [-0.3, -0.25) is 4.79 Å². The number of benzene rings is 1. The van der Waals surface area contributed by atoms with Crippen molar-refractivity contribution in [3.8, 4) is 11.5 Å². The second-order valence-electron chi connectivity index (χ2n) is 8.58. The molecule has 0 bridgehead atoms. The van der Waals surface area contributed by atoms with Crippen LogP contribution in [0.15, 0.2) is 36.5 Å². The predicted molar refractivity (Wildman–Crippen MR) is 124 cm³/mol. The van der Waals surface area contributed by atoms with Crippen LogP contribution in [0.5, 0.6) is 11.5 Å². The first kappa shape index (κ1) is 23.2. The minimum absolute atomic E-state index is 0.0389. The molecule has 3 amide bonds. The molecule has 9 nitrogen and oxygen atoms in total. The number of pyridine rings is 1. The van der Waals surface area contributed by atoms with E-state index in [1.807, 2.05) is 37.8 Å². The Labute approximate surface area is 188 Å². The molecule has 0 aliphatic carbocycles. The van der Waals surface area contributed by atoms with Gasteiger partial charge in [0, 0.05) is 37.3 Å². The van der Waals surface area contributed by atoms with Gasteiger partial charge in [0.05, 0.1) is 26.1 Å². The summed E-state index contributed by atoms with van der Waals surface area (Å²) in [6.07, 6.45) is 1.64.